The van der Waals surface area contributed by atoms with Crippen molar-refractivity contribution in [2.75, 3.05) is 0 Å². The Labute approximate surface area is 73.1 Å². The van der Waals surface area contributed by atoms with Crippen LogP contribution in [-0.4, -0.2) is 18.4 Å². The molecule has 3 nitrogen and oxygen atoms in total. The highest BCUT2D eigenvalue weighted by Gasteiger charge is 2.07. The minimum atomic E-state index is -0.271. The largest absolute Gasteiger partial charge is 0.462 e. The first-order chi connectivity index (χ1) is 5.70. The van der Waals surface area contributed by atoms with Crippen LogP contribution >= 0.6 is 0 Å². The molecule has 0 aromatic heterocycles. The molecule has 3 heteroatoms. The molecule has 1 unspecified atom stereocenters. The van der Waals surface area contributed by atoms with Crippen LogP contribution in [0.2, 0.25) is 0 Å². The summed E-state index contributed by atoms with van der Waals surface area (Å²) >= 11 is 0. The van der Waals surface area contributed by atoms with Crippen molar-refractivity contribution in [1.29, 1.82) is 0 Å². The maximum atomic E-state index is 10.9. The lowest BCUT2D eigenvalue weighted by atomic mass is 10.2. The molecule has 0 N–H and O–H groups in total. The van der Waals surface area contributed by atoms with Gasteiger partial charge in [0.1, 0.15) is 12.4 Å². The van der Waals surface area contributed by atoms with Crippen molar-refractivity contribution in [3.05, 3.63) is 0 Å². The first kappa shape index (κ1) is 11.1. The number of esters is 1. The third kappa shape index (κ3) is 5.89. The van der Waals surface area contributed by atoms with E-state index < -0.39 is 0 Å². The van der Waals surface area contributed by atoms with E-state index in [1.165, 1.54) is 0 Å². The third-order valence-electron chi connectivity index (χ3n) is 1.50. The van der Waals surface area contributed by atoms with Gasteiger partial charge in [-0.3, -0.25) is 4.79 Å². The van der Waals surface area contributed by atoms with Gasteiger partial charge in [0.2, 0.25) is 0 Å². The topological polar surface area (TPSA) is 43.4 Å². The van der Waals surface area contributed by atoms with Crippen molar-refractivity contribution < 1.29 is 14.3 Å². The first-order valence-electron chi connectivity index (χ1n) is 4.33. The Hall–Kier alpha value is -0.860. The van der Waals surface area contributed by atoms with Crippen LogP contribution in [0.3, 0.4) is 0 Å². The minimum absolute atomic E-state index is 0.203. The lowest BCUT2D eigenvalue weighted by molar-refractivity contribution is -0.148. The zero-order valence-electron chi connectivity index (χ0n) is 7.71. The Morgan fingerprint density at radius 2 is 2.25 bits per heavy atom. The highest BCUT2D eigenvalue weighted by molar-refractivity contribution is 5.69. The summed E-state index contributed by atoms with van der Waals surface area (Å²) in [5, 5.41) is 0. The van der Waals surface area contributed by atoms with E-state index in [-0.39, 0.29) is 18.5 Å². The van der Waals surface area contributed by atoms with Crippen LogP contribution < -0.4 is 0 Å². The lowest BCUT2D eigenvalue weighted by Crippen LogP contribution is -2.14. The molecule has 0 amide bonds. The number of ether oxygens (including phenoxy) is 1. The Bertz CT molecular complexity index is 143. The van der Waals surface area contributed by atoms with Crippen molar-refractivity contribution in [2.45, 2.75) is 45.6 Å². The molecule has 0 saturated heterocycles. The minimum Gasteiger partial charge on any atom is -0.462 e. The number of aldehydes is 1. The quantitative estimate of drug-likeness (QED) is 0.452. The molecule has 0 saturated carbocycles. The van der Waals surface area contributed by atoms with Crippen LogP contribution in [-0.2, 0) is 14.3 Å². The van der Waals surface area contributed by atoms with E-state index in [2.05, 4.69) is 0 Å². The predicted molar refractivity (Wildman–Crippen MR) is 45.8 cm³/mol. The van der Waals surface area contributed by atoms with Crippen molar-refractivity contribution in [3.63, 3.8) is 0 Å². The van der Waals surface area contributed by atoms with Crippen molar-refractivity contribution in [3.8, 4) is 0 Å². The number of carbonyl (C=O) groups is 2. The highest BCUT2D eigenvalue weighted by Crippen LogP contribution is 2.01. The zero-order chi connectivity index (χ0) is 9.40. The number of unbranched alkanes of at least 4 members (excludes halogenated alkanes) is 1. The van der Waals surface area contributed by atoms with Crippen LogP contribution in [0.4, 0.5) is 0 Å². The third-order valence-corrected chi connectivity index (χ3v) is 1.50. The summed E-state index contributed by atoms with van der Waals surface area (Å²) in [6.07, 6.45) is 3.07. The molecular weight excluding hydrogens is 156 g/mol. The second kappa shape index (κ2) is 6.83. The van der Waals surface area contributed by atoms with Crippen LogP contribution in [0.5, 0.6) is 0 Å². The maximum Gasteiger partial charge on any atom is 0.306 e. The molecule has 0 aromatic carbocycles. The number of carbonyl (C=O) groups excluding carboxylic acids is 2. The Kier molecular flexibility index (Phi) is 6.34. The summed E-state index contributed by atoms with van der Waals surface area (Å²) in [6, 6.07) is 0. The van der Waals surface area contributed by atoms with E-state index in [9.17, 15) is 9.59 Å². The monoisotopic (exact) mass is 172 g/mol. The summed E-state index contributed by atoms with van der Waals surface area (Å²) in [5.74, 6) is -0.203. The van der Waals surface area contributed by atoms with Gasteiger partial charge in [-0.15, -0.1) is 0 Å². The van der Waals surface area contributed by atoms with Gasteiger partial charge in [-0.25, -0.2) is 0 Å². The zero-order valence-corrected chi connectivity index (χ0v) is 7.71. The Morgan fingerprint density at radius 3 is 2.75 bits per heavy atom. The fraction of sp³-hybridized carbons (Fsp3) is 0.778. The SMILES string of the molecule is CCCCC(=O)OC(C)CC=O. The van der Waals surface area contributed by atoms with Gasteiger partial charge in [-0.05, 0) is 13.3 Å². The summed E-state index contributed by atoms with van der Waals surface area (Å²) in [6.45, 7) is 3.74. The summed E-state index contributed by atoms with van der Waals surface area (Å²) < 4.78 is 4.92. The Balaban J connectivity index is 3.46. The van der Waals surface area contributed by atoms with Crippen molar-refractivity contribution in [1.82, 2.24) is 0 Å². The van der Waals surface area contributed by atoms with Gasteiger partial charge in [0.15, 0.2) is 0 Å². The molecule has 0 radical (unpaired) electrons. The molecule has 0 aromatic rings. The molecule has 1 atom stereocenters. The molecule has 0 aliphatic rings. The second-order valence-corrected chi connectivity index (χ2v) is 2.81. The average Bonchev–Trinajstić information content (AvgIpc) is 2.01. The second-order valence-electron chi connectivity index (χ2n) is 2.81. The van der Waals surface area contributed by atoms with Crippen LogP contribution in [0.1, 0.15) is 39.5 Å². The molecule has 0 fully saturated rings. The molecule has 70 valence electrons. The fourth-order valence-electron chi connectivity index (χ4n) is 0.788. The fourth-order valence-corrected chi connectivity index (χ4v) is 0.788. The molecule has 0 rings (SSSR count). The molecule has 0 heterocycles. The van der Waals surface area contributed by atoms with E-state index in [0.717, 1.165) is 19.1 Å². The van der Waals surface area contributed by atoms with E-state index >= 15 is 0 Å². The van der Waals surface area contributed by atoms with Gasteiger partial charge >= 0.3 is 5.97 Å². The first-order valence-corrected chi connectivity index (χ1v) is 4.33. The smallest absolute Gasteiger partial charge is 0.306 e. The van der Waals surface area contributed by atoms with E-state index in [0.29, 0.717) is 6.42 Å². The summed E-state index contributed by atoms with van der Waals surface area (Å²) in [7, 11) is 0. The van der Waals surface area contributed by atoms with Crippen molar-refractivity contribution in [2.24, 2.45) is 0 Å². The highest BCUT2D eigenvalue weighted by atomic mass is 16.5. The van der Waals surface area contributed by atoms with Crippen LogP contribution in [0.25, 0.3) is 0 Å². The van der Waals surface area contributed by atoms with Gasteiger partial charge < -0.3 is 9.53 Å². The molecule has 12 heavy (non-hydrogen) atoms. The van der Waals surface area contributed by atoms with Gasteiger partial charge in [0.25, 0.3) is 0 Å². The van der Waals surface area contributed by atoms with E-state index in [1.54, 1.807) is 6.92 Å². The Morgan fingerprint density at radius 1 is 1.58 bits per heavy atom. The average molecular weight is 172 g/mol. The molecule has 0 bridgehead atoms. The van der Waals surface area contributed by atoms with Crippen LogP contribution in [0.15, 0.2) is 0 Å². The van der Waals surface area contributed by atoms with Gasteiger partial charge in [-0.1, -0.05) is 13.3 Å². The number of hydrogen-bond acceptors (Lipinski definition) is 3. The summed E-state index contributed by atoms with van der Waals surface area (Å²) in [5.41, 5.74) is 0. The number of rotatable bonds is 6. The molecule has 0 aliphatic carbocycles. The van der Waals surface area contributed by atoms with Gasteiger partial charge in [0.05, 0.1) is 0 Å². The number of hydrogen-bond donors (Lipinski definition) is 0. The van der Waals surface area contributed by atoms with Crippen LogP contribution in [0, 0.1) is 0 Å². The molecule has 0 spiro atoms. The standard InChI is InChI=1S/C9H16O3/c1-3-4-5-9(11)12-8(2)6-7-10/h7-8H,3-6H2,1-2H3. The van der Waals surface area contributed by atoms with E-state index in [4.69, 9.17) is 4.74 Å². The van der Waals surface area contributed by atoms with Crippen molar-refractivity contribution >= 4 is 12.3 Å². The van der Waals surface area contributed by atoms with E-state index in [1.807, 2.05) is 6.92 Å². The predicted octanol–water partition coefficient (Wildman–Crippen LogP) is 1.70. The molecular formula is C9H16O3. The maximum absolute atomic E-state index is 10.9. The lowest BCUT2D eigenvalue weighted by Gasteiger charge is -2.09. The van der Waals surface area contributed by atoms with Gasteiger partial charge in [0, 0.05) is 12.8 Å². The van der Waals surface area contributed by atoms with Gasteiger partial charge in [-0.2, -0.15) is 0 Å². The normalized spacial score (nSPS) is 12.2. The summed E-state index contributed by atoms with van der Waals surface area (Å²) in [4.78, 5) is 21.0. The molecule has 0 aliphatic heterocycles.